The highest BCUT2D eigenvalue weighted by atomic mass is 35.5. The van der Waals surface area contributed by atoms with Crippen LogP contribution in [-0.2, 0) is 6.54 Å². The number of hydrogen-bond acceptors (Lipinski definition) is 3. The molecular formula is C14H15ClN2O. The number of ether oxygens (including phenoxy) is 1. The molecule has 0 saturated carbocycles. The molecule has 4 heteroatoms. The molecule has 0 unspecified atom stereocenters. The molecule has 0 bridgehead atoms. The van der Waals surface area contributed by atoms with Crippen molar-refractivity contribution in [2.45, 2.75) is 13.5 Å². The Morgan fingerprint density at radius 3 is 2.94 bits per heavy atom. The molecule has 0 radical (unpaired) electrons. The fraction of sp³-hybridized carbons (Fsp3) is 0.214. The van der Waals surface area contributed by atoms with Crippen molar-refractivity contribution >= 4 is 11.6 Å². The van der Waals surface area contributed by atoms with Crippen LogP contribution >= 0.6 is 11.6 Å². The van der Waals surface area contributed by atoms with Gasteiger partial charge in [-0.25, -0.2) is 4.98 Å². The van der Waals surface area contributed by atoms with Gasteiger partial charge >= 0.3 is 0 Å². The summed E-state index contributed by atoms with van der Waals surface area (Å²) in [6.07, 6.45) is 1.72. The minimum absolute atomic E-state index is 0.612. The molecule has 0 amide bonds. The molecule has 1 aromatic heterocycles. The molecule has 0 spiro atoms. The number of rotatable bonds is 5. The lowest BCUT2D eigenvalue weighted by Crippen LogP contribution is -2.12. The van der Waals surface area contributed by atoms with Crippen LogP contribution in [0.5, 0.6) is 11.6 Å². The van der Waals surface area contributed by atoms with E-state index in [4.69, 9.17) is 16.3 Å². The van der Waals surface area contributed by atoms with Crippen molar-refractivity contribution in [3.63, 3.8) is 0 Å². The van der Waals surface area contributed by atoms with Gasteiger partial charge in [0.2, 0.25) is 5.88 Å². The molecule has 0 atom stereocenters. The smallest absolute Gasteiger partial charge is 0.223 e. The van der Waals surface area contributed by atoms with E-state index in [0.717, 1.165) is 18.7 Å². The monoisotopic (exact) mass is 262 g/mol. The fourth-order valence-electron chi connectivity index (χ4n) is 1.55. The first-order chi connectivity index (χ1) is 8.79. The van der Waals surface area contributed by atoms with Crippen LogP contribution in [0.3, 0.4) is 0 Å². The highest BCUT2D eigenvalue weighted by molar-refractivity contribution is 6.30. The van der Waals surface area contributed by atoms with E-state index in [0.29, 0.717) is 16.7 Å². The van der Waals surface area contributed by atoms with Crippen LogP contribution in [0.25, 0.3) is 0 Å². The number of aromatic nitrogens is 1. The summed E-state index contributed by atoms with van der Waals surface area (Å²) in [7, 11) is 0. The van der Waals surface area contributed by atoms with Crippen molar-refractivity contribution in [2.24, 2.45) is 0 Å². The number of pyridine rings is 1. The van der Waals surface area contributed by atoms with Gasteiger partial charge in [-0.2, -0.15) is 0 Å². The van der Waals surface area contributed by atoms with Crippen LogP contribution in [0.2, 0.25) is 5.02 Å². The summed E-state index contributed by atoms with van der Waals surface area (Å²) in [5.74, 6) is 1.31. The second kappa shape index (κ2) is 6.38. The first kappa shape index (κ1) is 12.9. The summed E-state index contributed by atoms with van der Waals surface area (Å²) in [4.78, 5) is 4.25. The molecule has 1 heterocycles. The second-order valence-electron chi connectivity index (χ2n) is 3.81. The maximum absolute atomic E-state index is 5.92. The van der Waals surface area contributed by atoms with Crippen molar-refractivity contribution in [1.29, 1.82) is 0 Å². The van der Waals surface area contributed by atoms with Crippen molar-refractivity contribution in [3.05, 3.63) is 53.2 Å². The Morgan fingerprint density at radius 1 is 1.28 bits per heavy atom. The van der Waals surface area contributed by atoms with Gasteiger partial charge in [-0.1, -0.05) is 30.7 Å². The quantitative estimate of drug-likeness (QED) is 0.893. The Balaban J connectivity index is 2.17. The number of nitrogens with zero attached hydrogens (tertiary/aromatic N) is 1. The van der Waals surface area contributed by atoms with Crippen LogP contribution in [0.4, 0.5) is 0 Å². The summed E-state index contributed by atoms with van der Waals surface area (Å²) in [5.41, 5.74) is 1.03. The van der Waals surface area contributed by atoms with Gasteiger partial charge in [-0.3, -0.25) is 0 Å². The standard InChI is InChI=1S/C14H15ClN2O/c1-2-16-10-11-5-4-8-17-14(11)18-13-7-3-6-12(15)9-13/h3-9,16H,2,10H2,1H3. The highest BCUT2D eigenvalue weighted by Gasteiger charge is 2.05. The molecule has 94 valence electrons. The molecule has 0 aliphatic carbocycles. The van der Waals surface area contributed by atoms with Gasteiger partial charge < -0.3 is 10.1 Å². The molecule has 0 aliphatic heterocycles. The molecule has 3 nitrogen and oxygen atoms in total. The van der Waals surface area contributed by atoms with E-state index in [2.05, 4.69) is 17.2 Å². The molecule has 1 N–H and O–H groups in total. The van der Waals surface area contributed by atoms with E-state index in [1.54, 1.807) is 12.3 Å². The molecule has 0 aliphatic rings. The summed E-state index contributed by atoms with van der Waals surface area (Å²) in [6.45, 7) is 3.71. The van der Waals surface area contributed by atoms with Gasteiger partial charge in [0.05, 0.1) is 0 Å². The SMILES string of the molecule is CCNCc1cccnc1Oc1cccc(Cl)c1. The maximum atomic E-state index is 5.92. The van der Waals surface area contributed by atoms with Crippen molar-refractivity contribution in [2.75, 3.05) is 6.54 Å². The second-order valence-corrected chi connectivity index (χ2v) is 4.24. The largest absolute Gasteiger partial charge is 0.439 e. The Hall–Kier alpha value is -1.58. The van der Waals surface area contributed by atoms with Gasteiger partial charge in [-0.05, 0) is 30.8 Å². The van der Waals surface area contributed by atoms with Crippen molar-refractivity contribution < 1.29 is 4.74 Å². The number of halogens is 1. The molecule has 18 heavy (non-hydrogen) atoms. The van der Waals surface area contributed by atoms with Crippen LogP contribution in [-0.4, -0.2) is 11.5 Å². The predicted octanol–water partition coefficient (Wildman–Crippen LogP) is 3.64. The topological polar surface area (TPSA) is 34.2 Å². The normalized spacial score (nSPS) is 10.3. The van der Waals surface area contributed by atoms with Crippen LogP contribution < -0.4 is 10.1 Å². The van der Waals surface area contributed by atoms with E-state index in [-0.39, 0.29) is 0 Å². The van der Waals surface area contributed by atoms with Crippen LogP contribution in [0, 0.1) is 0 Å². The zero-order valence-electron chi connectivity index (χ0n) is 10.2. The predicted molar refractivity (Wildman–Crippen MR) is 73.1 cm³/mol. The summed E-state index contributed by atoms with van der Waals surface area (Å²) in [6, 6.07) is 11.2. The molecule has 2 rings (SSSR count). The van der Waals surface area contributed by atoms with Gasteiger partial charge in [0, 0.05) is 23.3 Å². The van der Waals surface area contributed by atoms with E-state index in [9.17, 15) is 0 Å². The van der Waals surface area contributed by atoms with Gasteiger partial charge in [-0.15, -0.1) is 0 Å². The Morgan fingerprint density at radius 2 is 2.17 bits per heavy atom. The lowest BCUT2D eigenvalue weighted by atomic mass is 10.2. The van der Waals surface area contributed by atoms with Crippen molar-refractivity contribution in [1.82, 2.24) is 10.3 Å². The summed E-state index contributed by atoms with van der Waals surface area (Å²) < 4.78 is 5.75. The van der Waals surface area contributed by atoms with E-state index in [1.165, 1.54) is 0 Å². The number of hydrogen-bond donors (Lipinski definition) is 1. The first-order valence-corrected chi connectivity index (χ1v) is 6.25. The molecule has 0 fully saturated rings. The average Bonchev–Trinajstić information content (AvgIpc) is 2.38. The minimum atomic E-state index is 0.612. The number of benzene rings is 1. The highest BCUT2D eigenvalue weighted by Crippen LogP contribution is 2.25. The van der Waals surface area contributed by atoms with Gasteiger partial charge in [0.1, 0.15) is 5.75 Å². The fourth-order valence-corrected chi connectivity index (χ4v) is 1.73. The van der Waals surface area contributed by atoms with Gasteiger partial charge in [0.15, 0.2) is 0 Å². The maximum Gasteiger partial charge on any atom is 0.223 e. The summed E-state index contributed by atoms with van der Waals surface area (Å²) in [5, 5.41) is 3.91. The summed E-state index contributed by atoms with van der Waals surface area (Å²) >= 11 is 5.92. The Labute approximate surface area is 112 Å². The van der Waals surface area contributed by atoms with E-state index in [1.807, 2.05) is 30.3 Å². The molecule has 0 saturated heterocycles. The van der Waals surface area contributed by atoms with E-state index >= 15 is 0 Å². The molecule has 2 aromatic rings. The minimum Gasteiger partial charge on any atom is -0.439 e. The zero-order chi connectivity index (χ0) is 12.8. The van der Waals surface area contributed by atoms with Gasteiger partial charge in [0.25, 0.3) is 0 Å². The lowest BCUT2D eigenvalue weighted by molar-refractivity contribution is 0.453. The third-order valence-corrected chi connectivity index (χ3v) is 2.66. The Kier molecular flexibility index (Phi) is 4.56. The zero-order valence-corrected chi connectivity index (χ0v) is 10.9. The molecular weight excluding hydrogens is 248 g/mol. The lowest BCUT2D eigenvalue weighted by Gasteiger charge is -2.10. The van der Waals surface area contributed by atoms with E-state index < -0.39 is 0 Å². The van der Waals surface area contributed by atoms with Crippen LogP contribution in [0.15, 0.2) is 42.6 Å². The van der Waals surface area contributed by atoms with Crippen molar-refractivity contribution in [3.8, 4) is 11.6 Å². The van der Waals surface area contributed by atoms with Crippen LogP contribution in [0.1, 0.15) is 12.5 Å². The molecule has 1 aromatic carbocycles. The Bertz CT molecular complexity index is 517. The third kappa shape index (κ3) is 3.45. The first-order valence-electron chi connectivity index (χ1n) is 5.87. The average molecular weight is 263 g/mol. The third-order valence-electron chi connectivity index (χ3n) is 2.43. The number of nitrogens with one attached hydrogen (secondary N) is 1.